The Balaban J connectivity index is 2.88. The Morgan fingerprint density at radius 2 is 1.51 bits per heavy atom. The average molecular weight is 667 g/mol. The van der Waals surface area contributed by atoms with Gasteiger partial charge in [-0.05, 0) is 0 Å². The van der Waals surface area contributed by atoms with Crippen LogP contribution in [-0.2, 0) is 31.0 Å². The molecule has 4 nitrogen and oxygen atoms in total. The van der Waals surface area contributed by atoms with E-state index in [0.29, 0.717) is 21.2 Å². The zero-order valence-electron chi connectivity index (χ0n) is 23.4. The molecular formula is C30H50HgN4. The second-order valence-corrected chi connectivity index (χ2v) is 20.4. The number of hydrogen-bond donors (Lipinski definition) is 3. The summed E-state index contributed by atoms with van der Waals surface area (Å²) < 4.78 is 1.87. The molecule has 0 aliphatic rings. The van der Waals surface area contributed by atoms with Gasteiger partial charge in [-0.1, -0.05) is 0 Å². The predicted octanol–water partition coefficient (Wildman–Crippen LogP) is 6.95. The number of allylic oxidation sites excluding steroid dienone is 2. The number of hydrogen-bond acceptors (Lipinski definition) is 4. The monoisotopic (exact) mass is 668 g/mol. The first-order valence-corrected chi connectivity index (χ1v) is 19.2. The standard InChI is InChI=1S/C23H36N3.C7H14N.Hg/c1-8-22(14-17(2)3)26-20(7)23(15-18(4)5)25-19(6)11-12-21-10-9-13-24-16-21;1-6(2)4-5-7(3)8;/h9-10,13,16-18,22-23,25-26H,1,6-7,11-12,14-15H2,2-5H3;5-6H,3-4,8H2,1-2H3;. The molecule has 0 aromatic carbocycles. The maximum absolute atomic E-state index is 6.22. The van der Waals surface area contributed by atoms with Crippen LogP contribution >= 0.6 is 0 Å². The van der Waals surface area contributed by atoms with Crippen molar-refractivity contribution in [3.8, 4) is 0 Å². The van der Waals surface area contributed by atoms with Crippen LogP contribution in [0.25, 0.3) is 0 Å². The van der Waals surface area contributed by atoms with E-state index in [4.69, 9.17) is 5.73 Å². The number of nitrogens with two attached hydrogens (primary N) is 1. The van der Waals surface area contributed by atoms with Gasteiger partial charge in [-0.2, -0.15) is 0 Å². The Morgan fingerprint density at radius 3 is 2.03 bits per heavy atom. The number of nitrogens with zero attached hydrogens (tertiary/aromatic N) is 1. The van der Waals surface area contributed by atoms with Crippen molar-refractivity contribution in [1.29, 1.82) is 0 Å². The van der Waals surface area contributed by atoms with Gasteiger partial charge in [0.05, 0.1) is 0 Å². The third kappa shape index (κ3) is 13.4. The topological polar surface area (TPSA) is 63.0 Å². The van der Waals surface area contributed by atoms with E-state index in [1.807, 2.05) is 18.5 Å². The Bertz CT molecular complexity index is 813. The van der Waals surface area contributed by atoms with E-state index in [-0.39, 0.29) is 12.1 Å². The van der Waals surface area contributed by atoms with Gasteiger partial charge in [-0.3, -0.25) is 0 Å². The van der Waals surface area contributed by atoms with Crippen molar-refractivity contribution in [2.75, 3.05) is 0 Å². The molecule has 1 rings (SSSR count). The number of aryl methyl sites for hydroxylation is 1. The van der Waals surface area contributed by atoms with Gasteiger partial charge < -0.3 is 0 Å². The van der Waals surface area contributed by atoms with Crippen molar-refractivity contribution in [2.24, 2.45) is 23.5 Å². The van der Waals surface area contributed by atoms with Gasteiger partial charge in [-0.25, -0.2) is 0 Å². The molecular weight excluding hydrogens is 617 g/mol. The summed E-state index contributed by atoms with van der Waals surface area (Å²) in [6, 6.07) is 4.48. The summed E-state index contributed by atoms with van der Waals surface area (Å²) in [7, 11) is 0. The fourth-order valence-corrected chi connectivity index (χ4v) is 13.3. The zero-order valence-corrected chi connectivity index (χ0v) is 28.9. The number of aromatic nitrogens is 1. The molecule has 0 amide bonds. The van der Waals surface area contributed by atoms with Crippen LogP contribution in [0.5, 0.6) is 0 Å². The van der Waals surface area contributed by atoms with E-state index < -0.39 is 24.6 Å². The van der Waals surface area contributed by atoms with Gasteiger partial charge in [0.2, 0.25) is 0 Å². The molecule has 0 spiro atoms. The molecule has 3 unspecified atom stereocenters. The first-order chi connectivity index (χ1) is 16.4. The molecule has 1 aromatic heterocycles. The molecule has 5 heteroatoms. The van der Waals surface area contributed by atoms with Crippen LogP contribution in [0.4, 0.5) is 0 Å². The van der Waals surface area contributed by atoms with Gasteiger partial charge in [0.15, 0.2) is 0 Å². The fraction of sp³-hybridized carbons (Fsp3) is 0.567. The summed E-state index contributed by atoms with van der Waals surface area (Å²) in [6.45, 7) is 31.1. The first-order valence-electron chi connectivity index (χ1n) is 13.3. The Hall–Kier alpha value is -1.55. The minimum atomic E-state index is -1.55. The third-order valence-electron chi connectivity index (χ3n) is 6.29. The van der Waals surface area contributed by atoms with Crippen molar-refractivity contribution >= 4 is 0 Å². The molecule has 0 aliphatic carbocycles. The van der Waals surface area contributed by atoms with Crippen molar-refractivity contribution in [3.05, 3.63) is 76.6 Å². The quantitative estimate of drug-likeness (QED) is 0.148. The third-order valence-corrected chi connectivity index (χ3v) is 15.5. The number of pyridine rings is 1. The average Bonchev–Trinajstić information content (AvgIpc) is 2.76. The molecule has 0 radical (unpaired) electrons. The normalized spacial score (nSPS) is 13.7. The molecule has 0 saturated carbocycles. The van der Waals surface area contributed by atoms with Gasteiger partial charge in [0, 0.05) is 6.20 Å². The fourth-order valence-electron chi connectivity index (χ4n) is 4.44. The second kappa shape index (κ2) is 16.2. The first kappa shape index (κ1) is 31.5. The van der Waals surface area contributed by atoms with Crippen molar-refractivity contribution in [2.45, 2.75) is 89.2 Å². The van der Waals surface area contributed by atoms with E-state index in [1.54, 1.807) is 0 Å². The van der Waals surface area contributed by atoms with Crippen molar-refractivity contribution < 1.29 is 24.6 Å². The zero-order chi connectivity index (χ0) is 26.5. The van der Waals surface area contributed by atoms with Crippen molar-refractivity contribution in [1.82, 2.24) is 15.6 Å². The molecule has 192 valence electrons. The van der Waals surface area contributed by atoms with Gasteiger partial charge >= 0.3 is 223 Å². The molecule has 1 aromatic rings. The van der Waals surface area contributed by atoms with Crippen LogP contribution in [0, 0.1) is 17.8 Å². The van der Waals surface area contributed by atoms with Gasteiger partial charge in [-0.15, -0.1) is 0 Å². The summed E-state index contributed by atoms with van der Waals surface area (Å²) >= 11 is -1.55. The van der Waals surface area contributed by atoms with Crippen LogP contribution in [0.3, 0.4) is 0 Å². The van der Waals surface area contributed by atoms with Crippen LogP contribution in [0.15, 0.2) is 71.0 Å². The molecule has 4 N–H and O–H groups in total. The molecule has 1 heterocycles. The number of nitrogens with one attached hydrogen (secondary N) is 2. The molecule has 0 fully saturated rings. The SMILES string of the molecule is C=C(CCc1cccnc1)NC(CC(C)C)C(=C)NC(CC(C)C)[C](=C)[Hg][CH](CC(C)C)C(=C)N. The Kier molecular flexibility index (Phi) is 14.6. The van der Waals surface area contributed by atoms with Crippen LogP contribution in [0.2, 0.25) is 3.43 Å². The Morgan fingerprint density at radius 1 is 0.914 bits per heavy atom. The van der Waals surface area contributed by atoms with E-state index in [0.717, 1.165) is 49.2 Å². The second-order valence-electron chi connectivity index (χ2n) is 11.4. The molecule has 0 bridgehead atoms. The van der Waals surface area contributed by atoms with Gasteiger partial charge in [0.1, 0.15) is 0 Å². The van der Waals surface area contributed by atoms with E-state index in [1.165, 1.54) is 8.65 Å². The molecule has 35 heavy (non-hydrogen) atoms. The van der Waals surface area contributed by atoms with E-state index in [9.17, 15) is 0 Å². The van der Waals surface area contributed by atoms with Crippen molar-refractivity contribution in [3.63, 3.8) is 0 Å². The molecule has 0 saturated heterocycles. The summed E-state index contributed by atoms with van der Waals surface area (Å²) in [5, 5.41) is 7.49. The minimum absolute atomic E-state index is 0.131. The van der Waals surface area contributed by atoms with E-state index >= 15 is 0 Å². The predicted molar refractivity (Wildman–Crippen MR) is 149 cm³/mol. The van der Waals surface area contributed by atoms with Crippen LogP contribution in [0.1, 0.15) is 72.8 Å². The van der Waals surface area contributed by atoms with Gasteiger partial charge in [0.25, 0.3) is 0 Å². The number of rotatable bonds is 18. The maximum atomic E-state index is 6.22. The summed E-state index contributed by atoms with van der Waals surface area (Å²) in [4.78, 5) is 4.22. The van der Waals surface area contributed by atoms with Crippen LogP contribution < -0.4 is 16.4 Å². The summed E-state index contributed by atoms with van der Waals surface area (Å²) in [6.07, 6.45) is 8.72. The summed E-state index contributed by atoms with van der Waals surface area (Å²) in [5.74, 6) is 1.73. The Labute approximate surface area is 228 Å². The van der Waals surface area contributed by atoms with E-state index in [2.05, 4.69) is 89.5 Å². The molecule has 0 aliphatic heterocycles. The van der Waals surface area contributed by atoms with Crippen LogP contribution in [-0.4, -0.2) is 17.1 Å². The molecule has 3 atom stereocenters. The summed E-state index contributed by atoms with van der Waals surface area (Å²) in [5.41, 5.74) is 10.4.